The van der Waals surface area contributed by atoms with Gasteiger partial charge in [-0.2, -0.15) is 0 Å². The zero-order valence-corrected chi connectivity index (χ0v) is 18.1. The van der Waals surface area contributed by atoms with Gasteiger partial charge < -0.3 is 10.1 Å². The van der Waals surface area contributed by atoms with Crippen LogP contribution in [-0.2, 0) is 10.5 Å². The first-order chi connectivity index (χ1) is 12.9. The topological polar surface area (TPSA) is 38.3 Å². The zero-order chi connectivity index (χ0) is 19.8. The lowest BCUT2D eigenvalue weighted by Crippen LogP contribution is -2.30. The minimum absolute atomic E-state index is 0.00430. The molecule has 2 aromatic rings. The molecule has 2 aromatic carbocycles. The summed E-state index contributed by atoms with van der Waals surface area (Å²) in [6.07, 6.45) is 0.874. The highest BCUT2D eigenvalue weighted by Gasteiger charge is 2.17. The van der Waals surface area contributed by atoms with E-state index in [4.69, 9.17) is 27.9 Å². The van der Waals surface area contributed by atoms with Crippen molar-refractivity contribution in [1.29, 1.82) is 0 Å². The summed E-state index contributed by atoms with van der Waals surface area (Å²) in [4.78, 5) is 12.5. The number of hydrogen-bond donors (Lipinski definition) is 1. The van der Waals surface area contributed by atoms with Crippen LogP contribution in [0, 0.1) is 5.92 Å². The maximum atomic E-state index is 12.5. The molecule has 0 radical (unpaired) electrons. The van der Waals surface area contributed by atoms with Gasteiger partial charge in [0.1, 0.15) is 5.75 Å². The normalized spacial score (nSPS) is 12.1. The largest absolute Gasteiger partial charge is 0.497 e. The zero-order valence-electron chi connectivity index (χ0n) is 15.8. The highest BCUT2D eigenvalue weighted by Crippen LogP contribution is 2.28. The van der Waals surface area contributed by atoms with Crippen LogP contribution < -0.4 is 10.1 Å². The quantitative estimate of drug-likeness (QED) is 0.524. The van der Waals surface area contributed by atoms with Gasteiger partial charge in [0.15, 0.2) is 0 Å². The molecule has 1 amide bonds. The van der Waals surface area contributed by atoms with Crippen molar-refractivity contribution in [2.75, 3.05) is 12.9 Å². The molecule has 0 fully saturated rings. The van der Waals surface area contributed by atoms with Crippen LogP contribution in [0.2, 0.25) is 10.0 Å². The number of halogens is 2. The van der Waals surface area contributed by atoms with E-state index in [0.717, 1.165) is 23.3 Å². The van der Waals surface area contributed by atoms with E-state index in [1.807, 2.05) is 42.5 Å². The third kappa shape index (κ3) is 6.95. The molecule has 0 aliphatic rings. The highest BCUT2D eigenvalue weighted by molar-refractivity contribution is 7.99. The number of carbonyl (C=O) groups is 1. The van der Waals surface area contributed by atoms with Crippen LogP contribution in [-0.4, -0.2) is 18.8 Å². The van der Waals surface area contributed by atoms with Gasteiger partial charge in [0, 0.05) is 15.8 Å². The second-order valence-corrected chi connectivity index (χ2v) is 8.52. The van der Waals surface area contributed by atoms with Crippen molar-refractivity contribution in [2.24, 2.45) is 5.92 Å². The predicted octanol–water partition coefficient (Wildman–Crippen LogP) is 6.14. The Morgan fingerprint density at radius 3 is 2.30 bits per heavy atom. The fourth-order valence-corrected chi connectivity index (χ4v) is 4.31. The van der Waals surface area contributed by atoms with Gasteiger partial charge in [-0.1, -0.05) is 55.2 Å². The summed E-state index contributed by atoms with van der Waals surface area (Å²) in [6.45, 7) is 4.30. The summed E-state index contributed by atoms with van der Waals surface area (Å²) in [5.41, 5.74) is 1.95. The number of rotatable bonds is 9. The molecule has 146 valence electrons. The molecule has 0 spiro atoms. The highest BCUT2D eigenvalue weighted by atomic mass is 35.5. The van der Waals surface area contributed by atoms with Crippen molar-refractivity contribution < 1.29 is 9.53 Å². The van der Waals surface area contributed by atoms with Crippen LogP contribution in [0.15, 0.2) is 42.5 Å². The van der Waals surface area contributed by atoms with Gasteiger partial charge in [0.2, 0.25) is 5.91 Å². The lowest BCUT2D eigenvalue weighted by atomic mass is 9.97. The van der Waals surface area contributed by atoms with E-state index < -0.39 is 0 Å². The van der Waals surface area contributed by atoms with E-state index >= 15 is 0 Å². The molecular weight excluding hydrogens is 401 g/mol. The first-order valence-electron chi connectivity index (χ1n) is 8.84. The van der Waals surface area contributed by atoms with Gasteiger partial charge in [-0.15, -0.1) is 11.8 Å². The van der Waals surface area contributed by atoms with Crippen molar-refractivity contribution in [3.8, 4) is 5.75 Å². The Kier molecular flexibility index (Phi) is 8.81. The average Bonchev–Trinajstić information content (AvgIpc) is 2.63. The molecule has 2 rings (SSSR count). The Morgan fingerprint density at radius 2 is 1.74 bits per heavy atom. The summed E-state index contributed by atoms with van der Waals surface area (Å²) < 4.78 is 5.21. The second-order valence-electron chi connectivity index (χ2n) is 6.72. The predicted molar refractivity (Wildman–Crippen MR) is 116 cm³/mol. The van der Waals surface area contributed by atoms with Crippen molar-refractivity contribution in [3.63, 3.8) is 0 Å². The second kappa shape index (κ2) is 10.8. The molecule has 6 heteroatoms. The van der Waals surface area contributed by atoms with Gasteiger partial charge in [-0.05, 0) is 47.7 Å². The molecule has 0 heterocycles. The Morgan fingerprint density at radius 1 is 1.11 bits per heavy atom. The van der Waals surface area contributed by atoms with E-state index in [1.165, 1.54) is 11.8 Å². The van der Waals surface area contributed by atoms with Gasteiger partial charge in [-0.25, -0.2) is 0 Å². The summed E-state index contributed by atoms with van der Waals surface area (Å²) >= 11 is 13.9. The fraction of sp³-hybridized carbons (Fsp3) is 0.381. The number of benzene rings is 2. The van der Waals surface area contributed by atoms with Gasteiger partial charge in [0.25, 0.3) is 0 Å². The number of carbonyl (C=O) groups excluding carboxylic acids is 1. The Hall–Kier alpha value is -1.36. The lowest BCUT2D eigenvalue weighted by Gasteiger charge is -2.21. The molecule has 1 atom stereocenters. The maximum Gasteiger partial charge on any atom is 0.230 e. The molecule has 3 nitrogen and oxygen atoms in total. The van der Waals surface area contributed by atoms with E-state index in [9.17, 15) is 4.79 Å². The van der Waals surface area contributed by atoms with E-state index in [-0.39, 0.29) is 11.9 Å². The third-order valence-corrected chi connectivity index (χ3v) is 5.77. The van der Waals surface area contributed by atoms with Crippen molar-refractivity contribution in [3.05, 3.63) is 63.6 Å². The number of thioether (sulfide) groups is 1. The molecule has 0 aliphatic heterocycles. The molecule has 0 aliphatic carbocycles. The Bertz CT molecular complexity index is 730. The van der Waals surface area contributed by atoms with E-state index in [0.29, 0.717) is 27.5 Å². The molecule has 0 saturated carbocycles. The Labute approximate surface area is 175 Å². The van der Waals surface area contributed by atoms with Crippen LogP contribution in [0.1, 0.15) is 37.4 Å². The Balaban J connectivity index is 1.94. The monoisotopic (exact) mass is 425 g/mol. The third-order valence-electron chi connectivity index (χ3n) is 4.10. The molecule has 0 aromatic heterocycles. The molecule has 0 saturated heterocycles. The van der Waals surface area contributed by atoms with Crippen LogP contribution in [0.3, 0.4) is 0 Å². The standard InChI is InChI=1S/C21H25Cl2NO2S/c1-14(2)11-20(15-7-9-16(26-3)10-8-15)24-21(25)13-27-12-17-18(22)5-4-6-19(17)23/h4-10,14,20H,11-13H2,1-3H3,(H,24,25). The van der Waals surface area contributed by atoms with Gasteiger partial charge in [-0.3, -0.25) is 4.79 Å². The minimum atomic E-state index is -0.0205. The average molecular weight is 426 g/mol. The molecule has 1 unspecified atom stereocenters. The van der Waals surface area contributed by atoms with Crippen LogP contribution in [0.25, 0.3) is 0 Å². The summed E-state index contributed by atoms with van der Waals surface area (Å²) in [6, 6.07) is 13.3. The molecule has 1 N–H and O–H groups in total. The lowest BCUT2D eigenvalue weighted by molar-refractivity contribution is -0.119. The van der Waals surface area contributed by atoms with E-state index in [2.05, 4.69) is 19.2 Å². The first kappa shape index (κ1) is 21.9. The summed E-state index contributed by atoms with van der Waals surface area (Å²) in [7, 11) is 1.64. The number of amides is 1. The fourth-order valence-electron chi connectivity index (χ4n) is 2.74. The smallest absolute Gasteiger partial charge is 0.230 e. The molecule has 0 bridgehead atoms. The SMILES string of the molecule is COc1ccc(C(CC(C)C)NC(=O)CSCc2c(Cl)cccc2Cl)cc1. The van der Waals surface area contributed by atoms with Crippen molar-refractivity contribution >= 4 is 40.9 Å². The van der Waals surface area contributed by atoms with Crippen molar-refractivity contribution in [2.45, 2.75) is 32.1 Å². The summed E-state index contributed by atoms with van der Waals surface area (Å²) in [5.74, 6) is 2.23. The first-order valence-corrected chi connectivity index (χ1v) is 10.8. The van der Waals surface area contributed by atoms with Crippen LogP contribution in [0.5, 0.6) is 5.75 Å². The molecular formula is C21H25Cl2NO2S. The summed E-state index contributed by atoms with van der Waals surface area (Å²) in [5, 5.41) is 4.41. The number of methoxy groups -OCH3 is 1. The van der Waals surface area contributed by atoms with E-state index in [1.54, 1.807) is 7.11 Å². The number of ether oxygens (including phenoxy) is 1. The number of nitrogens with one attached hydrogen (secondary N) is 1. The van der Waals surface area contributed by atoms with Gasteiger partial charge >= 0.3 is 0 Å². The molecule has 27 heavy (non-hydrogen) atoms. The number of hydrogen-bond acceptors (Lipinski definition) is 3. The maximum absolute atomic E-state index is 12.5. The van der Waals surface area contributed by atoms with Crippen LogP contribution in [0.4, 0.5) is 0 Å². The van der Waals surface area contributed by atoms with Crippen LogP contribution >= 0.6 is 35.0 Å². The van der Waals surface area contributed by atoms with Gasteiger partial charge in [0.05, 0.1) is 18.9 Å². The van der Waals surface area contributed by atoms with Crippen molar-refractivity contribution in [1.82, 2.24) is 5.32 Å². The minimum Gasteiger partial charge on any atom is -0.497 e.